The monoisotopic (exact) mass is 380 g/mol. The first-order valence-electron chi connectivity index (χ1n) is 9.33. The summed E-state index contributed by atoms with van der Waals surface area (Å²) in [5.74, 6) is 1.39. The molecule has 0 aliphatic carbocycles. The summed E-state index contributed by atoms with van der Waals surface area (Å²) >= 11 is 1.43. The largest absolute Gasteiger partial charge is 0.371 e. The van der Waals surface area contributed by atoms with E-state index in [1.165, 1.54) is 23.4 Å². The minimum atomic E-state index is -0.0879. The van der Waals surface area contributed by atoms with Crippen molar-refractivity contribution in [3.8, 4) is 0 Å². The van der Waals surface area contributed by atoms with Gasteiger partial charge in [-0.3, -0.25) is 4.79 Å². The second kappa shape index (κ2) is 6.93. The van der Waals surface area contributed by atoms with Crippen molar-refractivity contribution in [2.24, 2.45) is 5.92 Å². The zero-order valence-corrected chi connectivity index (χ0v) is 17.0. The van der Waals surface area contributed by atoms with Crippen LogP contribution in [-0.2, 0) is 0 Å². The van der Waals surface area contributed by atoms with E-state index in [-0.39, 0.29) is 5.91 Å². The van der Waals surface area contributed by atoms with Crippen LogP contribution in [-0.4, -0.2) is 29.0 Å². The minimum Gasteiger partial charge on any atom is -0.371 e. The Bertz CT molecular complexity index is 1010. The zero-order valence-electron chi connectivity index (χ0n) is 16.2. The summed E-state index contributed by atoms with van der Waals surface area (Å²) in [6.45, 7) is 10.3. The van der Waals surface area contributed by atoms with Crippen LogP contribution in [0.1, 0.15) is 40.1 Å². The van der Waals surface area contributed by atoms with E-state index in [9.17, 15) is 4.79 Å². The van der Waals surface area contributed by atoms with E-state index in [1.54, 1.807) is 0 Å². The molecule has 1 aliphatic heterocycles. The standard InChI is InChI=1S/C21H24N4OS/c1-12-9-10-25(11-12)17-7-5-16(6-8-17)24-20(26)19-13(2)18-14(3)22-15(4)23-21(18)27-19/h5-8,12H,9-11H2,1-4H3,(H,24,26). The van der Waals surface area contributed by atoms with Gasteiger partial charge in [-0.15, -0.1) is 11.3 Å². The van der Waals surface area contributed by atoms with Gasteiger partial charge in [-0.05, 0) is 62.9 Å². The van der Waals surface area contributed by atoms with Crippen molar-refractivity contribution in [1.29, 1.82) is 0 Å². The van der Waals surface area contributed by atoms with Crippen molar-refractivity contribution in [3.05, 3.63) is 46.2 Å². The molecule has 2 aromatic heterocycles. The van der Waals surface area contributed by atoms with Crippen LogP contribution in [0.4, 0.5) is 11.4 Å². The van der Waals surface area contributed by atoms with Gasteiger partial charge in [0.15, 0.2) is 0 Å². The molecule has 1 unspecified atom stereocenters. The van der Waals surface area contributed by atoms with Gasteiger partial charge in [-0.2, -0.15) is 0 Å². The summed E-state index contributed by atoms with van der Waals surface area (Å²) in [6.07, 6.45) is 1.24. The highest BCUT2D eigenvalue weighted by atomic mass is 32.1. The van der Waals surface area contributed by atoms with E-state index >= 15 is 0 Å². The fourth-order valence-electron chi connectivity index (χ4n) is 3.80. The average molecular weight is 381 g/mol. The second-order valence-corrected chi connectivity index (χ2v) is 8.43. The highest BCUT2D eigenvalue weighted by molar-refractivity contribution is 7.20. The third-order valence-electron chi connectivity index (χ3n) is 5.20. The molecule has 3 heterocycles. The van der Waals surface area contributed by atoms with Crippen molar-refractivity contribution in [2.75, 3.05) is 23.3 Å². The molecule has 1 amide bonds. The molecule has 27 heavy (non-hydrogen) atoms. The van der Waals surface area contributed by atoms with Crippen LogP contribution in [0.3, 0.4) is 0 Å². The summed E-state index contributed by atoms with van der Waals surface area (Å²) in [4.78, 5) is 25.7. The lowest BCUT2D eigenvalue weighted by atomic mass is 10.1. The van der Waals surface area contributed by atoms with Gasteiger partial charge in [-0.25, -0.2) is 9.97 Å². The fraction of sp³-hybridized carbons (Fsp3) is 0.381. The van der Waals surface area contributed by atoms with E-state index < -0.39 is 0 Å². The van der Waals surface area contributed by atoms with Gasteiger partial charge in [0.1, 0.15) is 10.7 Å². The Labute approximate surface area is 163 Å². The Morgan fingerprint density at radius 3 is 2.59 bits per heavy atom. The number of carbonyl (C=O) groups is 1. The number of fused-ring (bicyclic) bond motifs is 1. The van der Waals surface area contributed by atoms with Crippen LogP contribution in [0.2, 0.25) is 0 Å². The Morgan fingerprint density at radius 1 is 1.19 bits per heavy atom. The molecule has 6 heteroatoms. The van der Waals surface area contributed by atoms with Crippen LogP contribution in [0.25, 0.3) is 10.2 Å². The normalized spacial score (nSPS) is 16.9. The number of rotatable bonds is 3. The van der Waals surface area contributed by atoms with E-state index in [2.05, 4.69) is 39.2 Å². The molecule has 1 aromatic carbocycles. The molecular weight excluding hydrogens is 356 g/mol. The van der Waals surface area contributed by atoms with E-state index in [4.69, 9.17) is 0 Å². The van der Waals surface area contributed by atoms with Crippen molar-refractivity contribution >= 4 is 38.8 Å². The maximum absolute atomic E-state index is 12.8. The van der Waals surface area contributed by atoms with Gasteiger partial charge in [0.25, 0.3) is 5.91 Å². The molecule has 140 valence electrons. The van der Waals surface area contributed by atoms with Gasteiger partial charge in [0.05, 0.1) is 4.88 Å². The Kier molecular flexibility index (Phi) is 4.60. The Morgan fingerprint density at radius 2 is 1.93 bits per heavy atom. The van der Waals surface area contributed by atoms with E-state index in [1.807, 2.05) is 32.9 Å². The van der Waals surface area contributed by atoms with E-state index in [0.29, 0.717) is 4.88 Å². The summed E-state index contributed by atoms with van der Waals surface area (Å²) in [7, 11) is 0. The quantitative estimate of drug-likeness (QED) is 0.715. The first-order valence-corrected chi connectivity index (χ1v) is 10.1. The molecular formula is C21H24N4OS. The number of aryl methyl sites for hydroxylation is 3. The van der Waals surface area contributed by atoms with Crippen molar-refractivity contribution < 1.29 is 4.79 Å². The third kappa shape index (κ3) is 3.41. The van der Waals surface area contributed by atoms with Crippen LogP contribution < -0.4 is 10.2 Å². The highest BCUT2D eigenvalue weighted by Crippen LogP contribution is 2.32. The maximum Gasteiger partial charge on any atom is 0.266 e. The van der Waals surface area contributed by atoms with Crippen molar-refractivity contribution in [3.63, 3.8) is 0 Å². The number of carbonyl (C=O) groups excluding carboxylic acids is 1. The Balaban J connectivity index is 1.55. The zero-order chi connectivity index (χ0) is 19.1. The van der Waals surface area contributed by atoms with Crippen LogP contribution >= 0.6 is 11.3 Å². The molecule has 0 radical (unpaired) electrons. The maximum atomic E-state index is 12.8. The average Bonchev–Trinajstić information content (AvgIpc) is 3.19. The number of anilines is 2. The van der Waals surface area contributed by atoms with Gasteiger partial charge >= 0.3 is 0 Å². The molecule has 1 N–H and O–H groups in total. The van der Waals surface area contributed by atoms with Crippen LogP contribution in [0.15, 0.2) is 24.3 Å². The molecule has 1 fully saturated rings. The topological polar surface area (TPSA) is 58.1 Å². The summed E-state index contributed by atoms with van der Waals surface area (Å²) in [5.41, 5.74) is 3.91. The summed E-state index contributed by atoms with van der Waals surface area (Å²) < 4.78 is 0. The van der Waals surface area contributed by atoms with Gasteiger partial charge < -0.3 is 10.2 Å². The molecule has 0 saturated carbocycles. The lowest BCUT2D eigenvalue weighted by molar-refractivity contribution is 0.103. The molecule has 1 saturated heterocycles. The lowest BCUT2D eigenvalue weighted by Crippen LogP contribution is -2.19. The summed E-state index contributed by atoms with van der Waals surface area (Å²) in [6, 6.07) is 8.14. The first-order chi connectivity index (χ1) is 12.9. The highest BCUT2D eigenvalue weighted by Gasteiger charge is 2.20. The van der Waals surface area contributed by atoms with Crippen molar-refractivity contribution in [2.45, 2.75) is 34.1 Å². The molecule has 3 aromatic rings. The fourth-order valence-corrected chi connectivity index (χ4v) is 4.98. The Hall–Kier alpha value is -2.47. The molecule has 0 bridgehead atoms. The third-order valence-corrected chi connectivity index (χ3v) is 6.39. The van der Waals surface area contributed by atoms with E-state index in [0.717, 1.165) is 52.0 Å². The molecule has 4 rings (SSSR count). The number of aromatic nitrogens is 2. The van der Waals surface area contributed by atoms with Gasteiger partial charge in [-0.1, -0.05) is 6.92 Å². The number of thiophene rings is 1. The number of nitrogens with one attached hydrogen (secondary N) is 1. The van der Waals surface area contributed by atoms with Crippen molar-refractivity contribution in [1.82, 2.24) is 9.97 Å². The number of nitrogens with zero attached hydrogens (tertiary/aromatic N) is 3. The number of amides is 1. The molecule has 1 atom stereocenters. The number of hydrogen-bond donors (Lipinski definition) is 1. The molecule has 5 nitrogen and oxygen atoms in total. The van der Waals surface area contributed by atoms with Gasteiger partial charge in [0.2, 0.25) is 0 Å². The van der Waals surface area contributed by atoms with Gasteiger partial charge in [0, 0.05) is 35.5 Å². The minimum absolute atomic E-state index is 0.0879. The van der Waals surface area contributed by atoms with Crippen LogP contribution in [0, 0.1) is 26.7 Å². The predicted octanol–water partition coefficient (Wildman–Crippen LogP) is 4.72. The lowest BCUT2D eigenvalue weighted by Gasteiger charge is -2.18. The molecule has 1 aliphatic rings. The SMILES string of the molecule is Cc1nc(C)c2c(C)c(C(=O)Nc3ccc(N4CCC(C)C4)cc3)sc2n1. The second-order valence-electron chi connectivity index (χ2n) is 7.43. The summed E-state index contributed by atoms with van der Waals surface area (Å²) in [5, 5.41) is 4.02. The number of hydrogen-bond acceptors (Lipinski definition) is 5. The predicted molar refractivity (Wildman–Crippen MR) is 112 cm³/mol. The van der Waals surface area contributed by atoms with Crippen LogP contribution in [0.5, 0.6) is 0 Å². The smallest absolute Gasteiger partial charge is 0.266 e. The first kappa shape index (κ1) is 17.9. The number of benzene rings is 1. The molecule has 0 spiro atoms.